The summed E-state index contributed by atoms with van der Waals surface area (Å²) in [4.78, 5) is 9.67. The highest BCUT2D eigenvalue weighted by Gasteiger charge is 2.04. The molecule has 0 bridgehead atoms. The molecule has 0 atom stereocenters. The van der Waals surface area contributed by atoms with E-state index in [1.54, 1.807) is 17.4 Å². The minimum Gasteiger partial charge on any atom is -0.365 e. The normalized spacial score (nSPS) is 10.4. The smallest absolute Gasteiger partial charge is 0.191 e. The van der Waals surface area contributed by atoms with Crippen molar-refractivity contribution in [3.63, 3.8) is 0 Å². The van der Waals surface area contributed by atoms with Crippen LogP contribution in [0, 0.1) is 0 Å². The summed E-state index contributed by atoms with van der Waals surface area (Å²) in [6, 6.07) is 5.62. The van der Waals surface area contributed by atoms with Crippen LogP contribution in [0.1, 0.15) is 4.88 Å². The molecule has 0 fully saturated rings. The SMILES string of the molecule is CSc1nc(NN)cc(NCc2ccc(Cl)s2)n1. The van der Waals surface area contributed by atoms with Crippen LogP contribution in [-0.4, -0.2) is 16.2 Å². The number of nitrogen functional groups attached to an aromatic ring is 1. The predicted octanol–water partition coefficient (Wildman–Crippen LogP) is 2.81. The van der Waals surface area contributed by atoms with E-state index in [9.17, 15) is 0 Å². The Kier molecular flexibility index (Phi) is 4.65. The largest absolute Gasteiger partial charge is 0.365 e. The zero-order chi connectivity index (χ0) is 13.0. The fourth-order valence-electron chi connectivity index (χ4n) is 1.31. The van der Waals surface area contributed by atoms with Crippen LogP contribution in [0.5, 0.6) is 0 Å². The second-order valence-electron chi connectivity index (χ2n) is 3.33. The Bertz CT molecular complexity index is 508. The van der Waals surface area contributed by atoms with Gasteiger partial charge in [-0.1, -0.05) is 23.4 Å². The topological polar surface area (TPSA) is 75.9 Å². The first kappa shape index (κ1) is 13.4. The van der Waals surface area contributed by atoms with E-state index in [2.05, 4.69) is 20.7 Å². The molecule has 0 radical (unpaired) electrons. The lowest BCUT2D eigenvalue weighted by Gasteiger charge is -2.07. The fourth-order valence-corrected chi connectivity index (χ4v) is 2.71. The van der Waals surface area contributed by atoms with Crippen molar-refractivity contribution in [2.45, 2.75) is 11.7 Å². The third kappa shape index (κ3) is 3.49. The third-order valence-electron chi connectivity index (χ3n) is 2.11. The van der Waals surface area contributed by atoms with Crippen molar-refractivity contribution < 1.29 is 0 Å². The van der Waals surface area contributed by atoms with Crippen LogP contribution in [0.3, 0.4) is 0 Å². The van der Waals surface area contributed by atoms with Crippen molar-refractivity contribution in [3.8, 4) is 0 Å². The summed E-state index contributed by atoms with van der Waals surface area (Å²) < 4.78 is 0.781. The monoisotopic (exact) mass is 301 g/mol. The molecule has 2 heterocycles. The first-order valence-electron chi connectivity index (χ1n) is 5.09. The molecule has 5 nitrogen and oxygen atoms in total. The molecule has 0 unspecified atom stereocenters. The number of thioether (sulfide) groups is 1. The Balaban J connectivity index is 2.08. The van der Waals surface area contributed by atoms with Crippen molar-refractivity contribution in [1.29, 1.82) is 0 Å². The number of rotatable bonds is 5. The number of nitrogens with two attached hydrogens (primary N) is 1. The molecule has 0 aliphatic heterocycles. The lowest BCUT2D eigenvalue weighted by molar-refractivity contribution is 0.955. The summed E-state index contributed by atoms with van der Waals surface area (Å²) in [6.07, 6.45) is 1.92. The number of hydrazine groups is 1. The van der Waals surface area contributed by atoms with E-state index in [1.165, 1.54) is 11.8 Å². The standard InChI is InChI=1S/C10H12ClN5S2/c1-17-10-14-8(4-9(15-10)16-12)13-5-6-2-3-7(11)18-6/h2-4H,5,12H2,1H3,(H2,13,14,15,16). The van der Waals surface area contributed by atoms with Crippen LogP contribution in [0.15, 0.2) is 23.4 Å². The van der Waals surface area contributed by atoms with Gasteiger partial charge in [-0.2, -0.15) is 0 Å². The van der Waals surface area contributed by atoms with E-state index in [1.807, 2.05) is 18.4 Å². The van der Waals surface area contributed by atoms with Gasteiger partial charge in [0.15, 0.2) is 5.16 Å². The molecule has 0 spiro atoms. The first-order chi connectivity index (χ1) is 8.71. The summed E-state index contributed by atoms with van der Waals surface area (Å²) in [5.74, 6) is 6.67. The van der Waals surface area contributed by atoms with E-state index in [-0.39, 0.29) is 0 Å². The van der Waals surface area contributed by atoms with Gasteiger partial charge in [-0.25, -0.2) is 15.8 Å². The highest BCUT2D eigenvalue weighted by Crippen LogP contribution is 2.23. The zero-order valence-electron chi connectivity index (χ0n) is 9.61. The average Bonchev–Trinajstić information content (AvgIpc) is 2.81. The zero-order valence-corrected chi connectivity index (χ0v) is 12.0. The molecule has 0 saturated carbocycles. The van der Waals surface area contributed by atoms with E-state index in [4.69, 9.17) is 17.4 Å². The highest BCUT2D eigenvalue weighted by atomic mass is 35.5. The molecule has 2 aromatic rings. The van der Waals surface area contributed by atoms with Gasteiger partial charge >= 0.3 is 0 Å². The molecule has 0 saturated heterocycles. The van der Waals surface area contributed by atoms with Crippen molar-refractivity contribution in [2.24, 2.45) is 5.84 Å². The van der Waals surface area contributed by atoms with Crippen LogP contribution in [0.25, 0.3) is 0 Å². The summed E-state index contributed by atoms with van der Waals surface area (Å²) >= 11 is 8.88. The van der Waals surface area contributed by atoms with Crippen LogP contribution in [0.4, 0.5) is 11.6 Å². The van der Waals surface area contributed by atoms with Crippen LogP contribution < -0.4 is 16.6 Å². The fraction of sp³-hybridized carbons (Fsp3) is 0.200. The van der Waals surface area contributed by atoms with Crippen molar-refractivity contribution in [2.75, 3.05) is 17.0 Å². The number of hydrogen-bond acceptors (Lipinski definition) is 7. The minimum absolute atomic E-state index is 0.584. The number of anilines is 2. The number of nitrogens with one attached hydrogen (secondary N) is 2. The Labute approximate surface area is 118 Å². The van der Waals surface area contributed by atoms with E-state index < -0.39 is 0 Å². The Morgan fingerprint density at radius 1 is 1.39 bits per heavy atom. The molecule has 2 rings (SSSR count). The number of hydrogen-bond donors (Lipinski definition) is 3. The van der Waals surface area contributed by atoms with Gasteiger partial charge in [0.1, 0.15) is 11.6 Å². The molecular weight excluding hydrogens is 290 g/mol. The molecule has 18 heavy (non-hydrogen) atoms. The number of thiophene rings is 1. The highest BCUT2D eigenvalue weighted by molar-refractivity contribution is 7.98. The van der Waals surface area contributed by atoms with Gasteiger partial charge in [0, 0.05) is 10.9 Å². The van der Waals surface area contributed by atoms with Gasteiger partial charge in [-0.05, 0) is 18.4 Å². The van der Waals surface area contributed by atoms with Crippen LogP contribution in [0.2, 0.25) is 4.34 Å². The lowest BCUT2D eigenvalue weighted by Crippen LogP contribution is -2.10. The Morgan fingerprint density at radius 2 is 2.17 bits per heavy atom. The summed E-state index contributed by atoms with van der Waals surface area (Å²) in [5, 5.41) is 3.88. The number of aromatic nitrogens is 2. The minimum atomic E-state index is 0.584. The predicted molar refractivity (Wildman–Crippen MR) is 78.3 cm³/mol. The summed E-state index contributed by atoms with van der Waals surface area (Å²) in [7, 11) is 0. The van der Waals surface area contributed by atoms with Gasteiger partial charge < -0.3 is 10.7 Å². The second kappa shape index (κ2) is 6.24. The molecule has 2 aromatic heterocycles. The average molecular weight is 302 g/mol. The van der Waals surface area contributed by atoms with Crippen LogP contribution >= 0.6 is 34.7 Å². The number of halogens is 1. The van der Waals surface area contributed by atoms with Gasteiger partial charge in [-0.3, -0.25) is 0 Å². The van der Waals surface area contributed by atoms with E-state index >= 15 is 0 Å². The molecule has 0 aliphatic rings. The van der Waals surface area contributed by atoms with Gasteiger partial charge in [0.2, 0.25) is 0 Å². The molecule has 0 amide bonds. The Morgan fingerprint density at radius 3 is 2.78 bits per heavy atom. The Hall–Kier alpha value is -1.02. The van der Waals surface area contributed by atoms with Crippen molar-refractivity contribution in [1.82, 2.24) is 9.97 Å². The summed E-state index contributed by atoms with van der Waals surface area (Å²) in [5.41, 5.74) is 2.52. The molecule has 0 aliphatic carbocycles. The third-order valence-corrected chi connectivity index (χ3v) is 3.89. The van der Waals surface area contributed by atoms with E-state index in [0.717, 1.165) is 15.0 Å². The molecule has 8 heteroatoms. The second-order valence-corrected chi connectivity index (χ2v) is 5.90. The molecule has 4 N–H and O–H groups in total. The maximum absolute atomic E-state index is 5.87. The van der Waals surface area contributed by atoms with Crippen molar-refractivity contribution >= 4 is 46.3 Å². The maximum Gasteiger partial charge on any atom is 0.191 e. The van der Waals surface area contributed by atoms with Crippen LogP contribution in [-0.2, 0) is 6.54 Å². The maximum atomic E-state index is 5.87. The summed E-state index contributed by atoms with van der Waals surface area (Å²) in [6.45, 7) is 0.673. The molecule has 0 aromatic carbocycles. The van der Waals surface area contributed by atoms with E-state index in [0.29, 0.717) is 17.5 Å². The molecule has 96 valence electrons. The quantitative estimate of drug-likeness (QED) is 0.341. The van der Waals surface area contributed by atoms with Gasteiger partial charge in [0.05, 0.1) is 10.9 Å². The lowest BCUT2D eigenvalue weighted by atomic mass is 10.4. The number of nitrogens with zero attached hydrogens (tertiary/aromatic N) is 2. The van der Waals surface area contributed by atoms with Crippen molar-refractivity contribution in [3.05, 3.63) is 27.4 Å². The first-order valence-corrected chi connectivity index (χ1v) is 7.51. The molecular formula is C10H12ClN5S2. The van der Waals surface area contributed by atoms with Gasteiger partial charge in [-0.15, -0.1) is 11.3 Å². The van der Waals surface area contributed by atoms with Gasteiger partial charge in [0.25, 0.3) is 0 Å².